The lowest BCUT2D eigenvalue weighted by atomic mass is 9.87. The molecule has 1 aliphatic heterocycles. The predicted octanol–water partition coefficient (Wildman–Crippen LogP) is 5.77. The minimum absolute atomic E-state index is 0.00462. The molecule has 0 radical (unpaired) electrons. The zero-order valence-corrected chi connectivity index (χ0v) is 43.0. The van der Waals surface area contributed by atoms with Gasteiger partial charge in [0.05, 0.1) is 81.2 Å². The Labute approximate surface area is 455 Å². The fraction of sp³-hybridized carbons (Fsp3) is 0.267. The molecule has 19 heteroatoms. The number of pyridine rings is 1. The Bertz CT molecular complexity index is 3000. The number of nitrogens with zero attached hydrogens (tertiary/aromatic N) is 1. The number of benzene rings is 5. The van der Waals surface area contributed by atoms with E-state index in [2.05, 4.69) is 21.5 Å². The first-order valence-corrected chi connectivity index (χ1v) is 25.0. The summed E-state index contributed by atoms with van der Waals surface area (Å²) in [5, 5.41) is 5.52. The molecule has 6 aromatic rings. The Morgan fingerprint density at radius 3 is 1.76 bits per heavy atom. The van der Waals surface area contributed by atoms with E-state index in [-0.39, 0.29) is 61.7 Å². The van der Waals surface area contributed by atoms with E-state index in [1.54, 1.807) is 97.3 Å². The molecule has 2 N–H and O–H groups in total. The number of nitrogens with one attached hydrogen (secondary N) is 2. The van der Waals surface area contributed by atoms with Gasteiger partial charge in [-0.1, -0.05) is 103 Å². The van der Waals surface area contributed by atoms with Crippen molar-refractivity contribution in [2.24, 2.45) is 0 Å². The minimum Gasteiger partial charge on any atom is -0.465 e. The van der Waals surface area contributed by atoms with E-state index < -0.39 is 97.5 Å². The van der Waals surface area contributed by atoms with E-state index >= 15 is 0 Å². The number of methoxy groups -OCH3 is 1. The number of esters is 5. The second-order valence-corrected chi connectivity index (χ2v) is 17.6. The highest BCUT2D eigenvalue weighted by molar-refractivity contribution is 5.92. The summed E-state index contributed by atoms with van der Waals surface area (Å²) >= 11 is 0. The van der Waals surface area contributed by atoms with Crippen molar-refractivity contribution in [3.63, 3.8) is 0 Å². The summed E-state index contributed by atoms with van der Waals surface area (Å²) in [7, 11) is 1.05. The maximum absolute atomic E-state index is 14.5. The number of amides is 2. The number of carbonyl (C=O) groups is 7. The van der Waals surface area contributed by atoms with Crippen molar-refractivity contribution in [3.8, 4) is 23.5 Å². The molecule has 1 aromatic heterocycles. The van der Waals surface area contributed by atoms with Crippen LogP contribution in [0.4, 0.5) is 0 Å². The quantitative estimate of drug-likeness (QED) is 0.0284. The molecule has 6 atom stereocenters. The normalized spacial score (nSPS) is 17.3. The predicted molar refractivity (Wildman–Crippen MR) is 283 cm³/mol. The molecule has 2 amide bonds. The van der Waals surface area contributed by atoms with Crippen molar-refractivity contribution >= 4 is 41.7 Å². The Morgan fingerprint density at radius 2 is 1.18 bits per heavy atom. The molecule has 0 unspecified atom stereocenters. The molecule has 1 aliphatic rings. The SMILES string of the molecule is C#CCOCCOCCO[C@]1(C(=O)OC)C[C@H](OC(=O)c2ccccc2)[C@@H](NC(=O)COC(=O)c2ccccc2)[C@H]([C@H](OC(=O)c2ccccc2)[C@@H](CNC(=O)Cc2ccc(-c3ccncc3)cc2)OC(=O)c2ccccc2)O1. The third-order valence-corrected chi connectivity index (χ3v) is 12.2. The molecule has 0 spiro atoms. The Hall–Kier alpha value is -9.06. The fourth-order valence-electron chi connectivity index (χ4n) is 8.30. The molecule has 19 nitrogen and oxygen atoms in total. The van der Waals surface area contributed by atoms with E-state index in [0.29, 0.717) is 5.56 Å². The standard InChI is InChI=1S/C60H57N3O16/c1-3-32-72-33-34-73-35-36-75-60(59(70)71-2)38-48(76-56(67)45-18-10-5-11-19-45)52(63-51(65)40-74-55(66)44-16-8-4-9-17-44)54(79-60)53(78-58(69)47-22-14-7-15-23-47)49(77-57(68)46-20-12-6-13-21-46)39-62-50(64)37-41-24-26-42(27-25-41)43-28-30-61-31-29-43/h1,4-31,48-49,52-54H,32-40H2,2H3,(H,62,64)(H,63,65)/t48-,49+,52+,53+,54+,60+/m0/s1. The van der Waals surface area contributed by atoms with Crippen LogP contribution in [0.5, 0.6) is 0 Å². The summed E-state index contributed by atoms with van der Waals surface area (Å²) < 4.78 is 53.4. The van der Waals surface area contributed by atoms with Crippen molar-refractivity contribution < 1.29 is 76.2 Å². The maximum Gasteiger partial charge on any atom is 0.366 e. The van der Waals surface area contributed by atoms with Crippen molar-refractivity contribution in [2.45, 2.75) is 49.1 Å². The van der Waals surface area contributed by atoms with Gasteiger partial charge in [-0.05, 0) is 77.4 Å². The molecule has 0 saturated carbocycles. The highest BCUT2D eigenvalue weighted by atomic mass is 16.7. The minimum atomic E-state index is -2.58. The van der Waals surface area contributed by atoms with E-state index in [0.717, 1.165) is 18.2 Å². The van der Waals surface area contributed by atoms with Crippen LogP contribution < -0.4 is 10.6 Å². The van der Waals surface area contributed by atoms with Crippen LogP contribution in [0.15, 0.2) is 170 Å². The fourth-order valence-corrected chi connectivity index (χ4v) is 8.30. The third kappa shape index (κ3) is 16.7. The van der Waals surface area contributed by atoms with Crippen molar-refractivity contribution in [1.29, 1.82) is 0 Å². The smallest absolute Gasteiger partial charge is 0.366 e. The lowest BCUT2D eigenvalue weighted by Crippen LogP contribution is -2.70. The van der Waals surface area contributed by atoms with Crippen LogP contribution in [-0.2, 0) is 63.4 Å². The van der Waals surface area contributed by atoms with Gasteiger partial charge in [0.15, 0.2) is 18.8 Å². The number of hydrogen-bond acceptors (Lipinski definition) is 17. The lowest BCUT2D eigenvalue weighted by Gasteiger charge is -2.48. The van der Waals surface area contributed by atoms with Gasteiger partial charge in [-0.3, -0.25) is 14.6 Å². The van der Waals surface area contributed by atoms with E-state index in [4.69, 9.17) is 49.1 Å². The molecule has 408 valence electrons. The largest absolute Gasteiger partial charge is 0.465 e. The van der Waals surface area contributed by atoms with Gasteiger partial charge in [-0.2, -0.15) is 0 Å². The van der Waals surface area contributed by atoms with Gasteiger partial charge in [0.2, 0.25) is 5.91 Å². The van der Waals surface area contributed by atoms with Crippen molar-refractivity contribution in [1.82, 2.24) is 15.6 Å². The molecule has 1 fully saturated rings. The molecule has 5 aromatic carbocycles. The summed E-state index contributed by atoms with van der Waals surface area (Å²) in [5.74, 6) is -6.73. The zero-order valence-electron chi connectivity index (χ0n) is 43.0. The summed E-state index contributed by atoms with van der Waals surface area (Å²) in [5.41, 5.74) is 2.62. The van der Waals surface area contributed by atoms with Crippen molar-refractivity contribution in [2.75, 3.05) is 53.3 Å². The van der Waals surface area contributed by atoms with Gasteiger partial charge < -0.3 is 53.3 Å². The maximum atomic E-state index is 14.5. The topological polar surface area (TPSA) is 240 Å². The number of carbonyl (C=O) groups excluding carboxylic acids is 7. The van der Waals surface area contributed by atoms with E-state index in [1.807, 2.05) is 24.3 Å². The van der Waals surface area contributed by atoms with Crippen molar-refractivity contribution in [3.05, 3.63) is 198 Å². The van der Waals surface area contributed by atoms with Crippen LogP contribution in [0, 0.1) is 12.3 Å². The Balaban J connectivity index is 1.32. The number of aromatic nitrogens is 1. The second kappa shape index (κ2) is 29.5. The molecular formula is C60H57N3O16. The number of terminal acetylenes is 1. The number of rotatable bonds is 26. The monoisotopic (exact) mass is 1080 g/mol. The molecule has 79 heavy (non-hydrogen) atoms. The van der Waals surface area contributed by atoms with Crippen LogP contribution in [0.2, 0.25) is 0 Å². The third-order valence-electron chi connectivity index (χ3n) is 12.2. The highest BCUT2D eigenvalue weighted by Crippen LogP contribution is 2.38. The van der Waals surface area contributed by atoms with Crippen LogP contribution in [-0.4, -0.2) is 136 Å². The van der Waals surface area contributed by atoms with Crippen LogP contribution in [0.1, 0.15) is 53.4 Å². The molecular weight excluding hydrogens is 1020 g/mol. The average molecular weight is 1080 g/mol. The summed E-state index contributed by atoms with van der Waals surface area (Å²) in [6.07, 6.45) is 0.400. The van der Waals surface area contributed by atoms with Gasteiger partial charge in [0, 0.05) is 12.4 Å². The summed E-state index contributed by atoms with van der Waals surface area (Å²) in [6.45, 7) is -1.83. The lowest BCUT2D eigenvalue weighted by molar-refractivity contribution is -0.312. The van der Waals surface area contributed by atoms with Crippen LogP contribution in [0.3, 0.4) is 0 Å². The zero-order chi connectivity index (χ0) is 55.8. The highest BCUT2D eigenvalue weighted by Gasteiger charge is 2.59. The van der Waals surface area contributed by atoms with Gasteiger partial charge in [0.1, 0.15) is 18.8 Å². The molecule has 7 rings (SSSR count). The molecule has 0 aliphatic carbocycles. The average Bonchev–Trinajstić information content (AvgIpc) is 3.63. The molecule has 0 bridgehead atoms. The van der Waals surface area contributed by atoms with Crippen LogP contribution >= 0.6 is 0 Å². The van der Waals surface area contributed by atoms with Gasteiger partial charge in [0.25, 0.3) is 11.7 Å². The van der Waals surface area contributed by atoms with Gasteiger partial charge in [-0.25, -0.2) is 24.0 Å². The second-order valence-electron chi connectivity index (χ2n) is 17.6. The Kier molecular flexibility index (Phi) is 21.5. The van der Waals surface area contributed by atoms with E-state index in [9.17, 15) is 33.6 Å². The van der Waals surface area contributed by atoms with E-state index in [1.165, 1.54) is 48.5 Å². The first-order valence-electron chi connectivity index (χ1n) is 25.0. The summed E-state index contributed by atoms with van der Waals surface area (Å²) in [4.78, 5) is 103. The Morgan fingerprint density at radius 1 is 0.646 bits per heavy atom. The van der Waals surface area contributed by atoms with Gasteiger partial charge >= 0.3 is 29.8 Å². The first-order chi connectivity index (χ1) is 38.5. The first kappa shape index (κ1) is 57.6. The molecule has 1 saturated heterocycles. The van der Waals surface area contributed by atoms with Crippen LogP contribution in [0.25, 0.3) is 11.1 Å². The molecule has 2 heterocycles. The number of ether oxygens (including phenoxy) is 9. The summed E-state index contributed by atoms with van der Waals surface area (Å²) in [6, 6.07) is 40.3. The number of hydrogen-bond donors (Lipinski definition) is 2. The van der Waals surface area contributed by atoms with Gasteiger partial charge in [-0.15, -0.1) is 6.42 Å².